The Hall–Kier alpha value is -3.35. The number of hydrogen-bond acceptors (Lipinski definition) is 11. The maximum absolute atomic E-state index is 13.2. The van der Waals surface area contributed by atoms with Crippen LogP contribution in [0.25, 0.3) is 22.1 Å². The average molecular weight is 476 g/mol. The molecule has 3 aromatic rings. The number of aliphatic hydroxyl groups is 4. The molecule has 1 aliphatic heterocycles. The van der Waals surface area contributed by atoms with Crippen LogP contribution in [0.5, 0.6) is 23.0 Å². The Bertz CT molecular complexity index is 1220. The van der Waals surface area contributed by atoms with E-state index < -0.39 is 48.5 Å². The molecule has 11 heteroatoms. The van der Waals surface area contributed by atoms with Gasteiger partial charge in [-0.3, -0.25) is 4.79 Å². The highest BCUT2D eigenvalue weighted by molar-refractivity contribution is 5.91. The maximum atomic E-state index is 13.2. The van der Waals surface area contributed by atoms with Crippen LogP contribution in [0.3, 0.4) is 0 Å². The van der Waals surface area contributed by atoms with Crippen molar-refractivity contribution in [3.8, 4) is 34.1 Å². The van der Waals surface area contributed by atoms with Crippen molar-refractivity contribution in [2.24, 2.45) is 0 Å². The predicted octanol–water partition coefficient (Wildman–Crippen LogP) is 0.361. The lowest BCUT2D eigenvalue weighted by Gasteiger charge is -2.39. The summed E-state index contributed by atoms with van der Waals surface area (Å²) in [6, 6.07) is 7.95. The molecule has 0 spiro atoms. The Morgan fingerprint density at radius 1 is 1.00 bits per heavy atom. The van der Waals surface area contributed by atoms with E-state index in [-0.39, 0.29) is 28.0 Å². The van der Waals surface area contributed by atoms with Gasteiger partial charge in [0.05, 0.1) is 26.4 Å². The Balaban J connectivity index is 1.76. The average Bonchev–Trinajstić information content (AvgIpc) is 2.84. The highest BCUT2D eigenvalue weighted by Gasteiger charge is 2.45. The van der Waals surface area contributed by atoms with Gasteiger partial charge in [0.25, 0.3) is 0 Å². The summed E-state index contributed by atoms with van der Waals surface area (Å²) in [7, 11) is 2.75. The zero-order valence-electron chi connectivity index (χ0n) is 18.2. The van der Waals surface area contributed by atoms with Gasteiger partial charge in [0.2, 0.25) is 17.5 Å². The molecule has 1 aliphatic rings. The van der Waals surface area contributed by atoms with Gasteiger partial charge in [-0.05, 0) is 17.7 Å². The number of aliphatic hydroxyl groups excluding tert-OH is 4. The number of fused-ring (bicyclic) bond motifs is 1. The van der Waals surface area contributed by atoms with Crippen LogP contribution in [-0.2, 0) is 4.74 Å². The minimum atomic E-state index is -1.69. The molecule has 1 aromatic heterocycles. The molecule has 0 amide bonds. The second-order valence-electron chi connectivity index (χ2n) is 7.65. The summed E-state index contributed by atoms with van der Waals surface area (Å²) in [6.45, 7) is -0.645. The molecule has 1 saturated heterocycles. The minimum absolute atomic E-state index is 0.0415. The largest absolute Gasteiger partial charge is 0.504 e. The third-order valence-electron chi connectivity index (χ3n) is 5.66. The SMILES string of the molecule is COc1ccc(-c2coc3cc(O[C@@H]4O[C@H](CO)[C@@H](O)[C@H](O)[C@H]4O)c(OC)c(O)c3c2=O)cc1. The van der Waals surface area contributed by atoms with Crippen LogP contribution in [-0.4, -0.2) is 77.1 Å². The van der Waals surface area contributed by atoms with Crippen LogP contribution in [0.15, 0.2) is 45.8 Å². The smallest absolute Gasteiger partial charge is 0.229 e. The summed E-state index contributed by atoms with van der Waals surface area (Å²) < 4.78 is 26.9. The van der Waals surface area contributed by atoms with Crippen LogP contribution < -0.4 is 19.6 Å². The lowest BCUT2D eigenvalue weighted by atomic mass is 9.99. The Labute approximate surface area is 192 Å². The van der Waals surface area contributed by atoms with Gasteiger partial charge in [-0.2, -0.15) is 0 Å². The zero-order valence-corrected chi connectivity index (χ0v) is 18.2. The molecule has 0 radical (unpaired) electrons. The predicted molar refractivity (Wildman–Crippen MR) is 117 cm³/mol. The van der Waals surface area contributed by atoms with Gasteiger partial charge in [-0.25, -0.2) is 0 Å². The van der Waals surface area contributed by atoms with Crippen molar-refractivity contribution in [3.05, 3.63) is 46.8 Å². The molecule has 4 rings (SSSR count). The number of phenols is 1. The Morgan fingerprint density at radius 3 is 2.32 bits per heavy atom. The van der Waals surface area contributed by atoms with Crippen molar-refractivity contribution in [2.45, 2.75) is 30.7 Å². The van der Waals surface area contributed by atoms with Crippen LogP contribution >= 0.6 is 0 Å². The summed E-state index contributed by atoms with van der Waals surface area (Å²) >= 11 is 0. The lowest BCUT2D eigenvalue weighted by molar-refractivity contribution is -0.277. The van der Waals surface area contributed by atoms with E-state index in [1.165, 1.54) is 26.5 Å². The van der Waals surface area contributed by atoms with E-state index in [1.54, 1.807) is 24.3 Å². The molecule has 5 atom stereocenters. The van der Waals surface area contributed by atoms with Gasteiger partial charge in [0.15, 0.2) is 11.5 Å². The van der Waals surface area contributed by atoms with E-state index in [9.17, 15) is 30.3 Å². The fourth-order valence-electron chi connectivity index (χ4n) is 3.77. The normalized spacial score (nSPS) is 24.7. The van der Waals surface area contributed by atoms with Gasteiger partial charge >= 0.3 is 0 Å². The van der Waals surface area contributed by atoms with Crippen molar-refractivity contribution in [2.75, 3.05) is 20.8 Å². The van der Waals surface area contributed by atoms with Gasteiger partial charge in [-0.1, -0.05) is 12.1 Å². The first-order chi connectivity index (χ1) is 16.3. The van der Waals surface area contributed by atoms with E-state index in [4.69, 9.17) is 23.4 Å². The second-order valence-corrected chi connectivity index (χ2v) is 7.65. The number of benzene rings is 2. The van der Waals surface area contributed by atoms with E-state index in [0.717, 1.165) is 0 Å². The summed E-state index contributed by atoms with van der Waals surface area (Å²) in [4.78, 5) is 13.2. The standard InChI is InChI=1S/C23H24O11/c1-30-11-5-3-10(4-6-11)12-9-32-13-7-14(22(31-2)19(27)16(13)17(12)25)33-23-21(29)20(28)18(26)15(8-24)34-23/h3-7,9,15,18,20-21,23-24,26-29H,8H2,1-2H3/t15-,18-,20+,21-,23-/m1/s1. The first kappa shape index (κ1) is 23.8. The number of aromatic hydroxyl groups is 1. The van der Waals surface area contributed by atoms with Gasteiger partial charge < -0.3 is 48.9 Å². The summed E-state index contributed by atoms with van der Waals surface area (Å²) in [5.74, 6) is -0.377. The fraction of sp³-hybridized carbons (Fsp3) is 0.348. The molecular formula is C23H24O11. The number of methoxy groups -OCH3 is 2. The van der Waals surface area contributed by atoms with Crippen molar-refractivity contribution >= 4 is 11.0 Å². The molecule has 0 unspecified atom stereocenters. The first-order valence-electron chi connectivity index (χ1n) is 10.3. The van der Waals surface area contributed by atoms with Crippen molar-refractivity contribution in [1.29, 1.82) is 0 Å². The second kappa shape index (κ2) is 9.49. The number of rotatable bonds is 6. The highest BCUT2D eigenvalue weighted by atomic mass is 16.7. The molecule has 0 aliphatic carbocycles. The van der Waals surface area contributed by atoms with E-state index in [2.05, 4.69) is 0 Å². The molecule has 34 heavy (non-hydrogen) atoms. The van der Waals surface area contributed by atoms with Crippen LogP contribution in [0.4, 0.5) is 0 Å². The third kappa shape index (κ3) is 4.04. The maximum Gasteiger partial charge on any atom is 0.229 e. The molecule has 11 nitrogen and oxygen atoms in total. The monoisotopic (exact) mass is 476 g/mol. The molecule has 182 valence electrons. The van der Waals surface area contributed by atoms with Crippen LogP contribution in [0, 0.1) is 0 Å². The number of ether oxygens (including phenoxy) is 4. The van der Waals surface area contributed by atoms with Crippen molar-refractivity contribution < 1.29 is 48.9 Å². The lowest BCUT2D eigenvalue weighted by Crippen LogP contribution is -2.60. The summed E-state index contributed by atoms with van der Waals surface area (Å²) in [6.07, 6.45) is -6.43. The van der Waals surface area contributed by atoms with Crippen molar-refractivity contribution in [1.82, 2.24) is 0 Å². The Kier molecular flexibility index (Phi) is 6.64. The van der Waals surface area contributed by atoms with Gasteiger partial charge in [0.1, 0.15) is 47.4 Å². The quantitative estimate of drug-likeness (QED) is 0.333. The van der Waals surface area contributed by atoms with E-state index >= 15 is 0 Å². The molecule has 2 aromatic carbocycles. The molecule has 2 heterocycles. The molecule has 1 fully saturated rings. The van der Waals surface area contributed by atoms with Crippen LogP contribution in [0.1, 0.15) is 0 Å². The zero-order chi connectivity index (χ0) is 24.6. The number of hydrogen-bond donors (Lipinski definition) is 5. The van der Waals surface area contributed by atoms with E-state index in [1.807, 2.05) is 0 Å². The molecular weight excluding hydrogens is 452 g/mol. The fourth-order valence-corrected chi connectivity index (χ4v) is 3.77. The number of phenolic OH excluding ortho intramolecular Hbond substituents is 1. The summed E-state index contributed by atoms with van der Waals surface area (Å²) in [5.41, 5.74) is 0.160. The summed E-state index contributed by atoms with van der Waals surface area (Å²) in [5, 5.41) is 50.2. The van der Waals surface area contributed by atoms with Gasteiger partial charge in [0, 0.05) is 6.07 Å². The minimum Gasteiger partial charge on any atom is -0.504 e. The van der Waals surface area contributed by atoms with E-state index in [0.29, 0.717) is 11.3 Å². The molecule has 0 bridgehead atoms. The topological polar surface area (TPSA) is 168 Å². The Morgan fingerprint density at radius 2 is 1.71 bits per heavy atom. The first-order valence-corrected chi connectivity index (χ1v) is 10.3. The third-order valence-corrected chi connectivity index (χ3v) is 5.66. The van der Waals surface area contributed by atoms with Crippen molar-refractivity contribution in [3.63, 3.8) is 0 Å². The van der Waals surface area contributed by atoms with Gasteiger partial charge in [-0.15, -0.1) is 0 Å². The van der Waals surface area contributed by atoms with Crippen LogP contribution in [0.2, 0.25) is 0 Å². The highest BCUT2D eigenvalue weighted by Crippen LogP contribution is 2.43. The molecule has 5 N–H and O–H groups in total. The molecule has 0 saturated carbocycles.